The van der Waals surface area contributed by atoms with Crippen LogP contribution in [-0.4, -0.2) is 39.0 Å². The van der Waals surface area contributed by atoms with Crippen LogP contribution in [0.25, 0.3) is 0 Å². The molecule has 1 rings (SSSR count). The average Bonchev–Trinajstić information content (AvgIpc) is 2.48. The summed E-state index contributed by atoms with van der Waals surface area (Å²) in [7, 11) is -3.98. The molecule has 0 heterocycles. The lowest BCUT2D eigenvalue weighted by Crippen LogP contribution is -2.47. The SMILES string of the molecule is CC(C)(C)CC(C)(C)NC(=O)COC(=O)CNS(=O)(=O)c1ccc(F)cc1. The van der Waals surface area contributed by atoms with Gasteiger partial charge in [0.05, 0.1) is 4.90 Å². The molecular formula is C18H27FN2O5S. The summed E-state index contributed by atoms with van der Waals surface area (Å²) in [5.74, 6) is -1.95. The number of sulfonamides is 1. The molecular weight excluding hydrogens is 375 g/mol. The second kappa shape index (κ2) is 8.79. The number of nitrogens with one attached hydrogen (secondary N) is 2. The van der Waals surface area contributed by atoms with Crippen LogP contribution in [0.5, 0.6) is 0 Å². The van der Waals surface area contributed by atoms with Crippen molar-refractivity contribution in [3.63, 3.8) is 0 Å². The second-order valence-corrected chi connectivity index (χ2v) is 9.88. The van der Waals surface area contributed by atoms with Crippen molar-refractivity contribution < 1.29 is 27.1 Å². The molecule has 0 aliphatic heterocycles. The zero-order valence-electron chi connectivity index (χ0n) is 16.3. The Labute approximate surface area is 159 Å². The van der Waals surface area contributed by atoms with Crippen LogP contribution in [0.4, 0.5) is 4.39 Å². The molecule has 0 fully saturated rings. The van der Waals surface area contributed by atoms with Crippen molar-refractivity contribution in [3.8, 4) is 0 Å². The Balaban J connectivity index is 2.46. The van der Waals surface area contributed by atoms with E-state index in [1.807, 2.05) is 39.3 Å². The maximum atomic E-state index is 12.8. The molecule has 1 aromatic carbocycles. The van der Waals surface area contributed by atoms with Gasteiger partial charge in [0.25, 0.3) is 5.91 Å². The van der Waals surface area contributed by atoms with Gasteiger partial charge >= 0.3 is 5.97 Å². The van der Waals surface area contributed by atoms with Crippen molar-refractivity contribution in [2.75, 3.05) is 13.2 Å². The van der Waals surface area contributed by atoms with Crippen LogP contribution in [0.15, 0.2) is 29.2 Å². The number of carbonyl (C=O) groups is 2. The largest absolute Gasteiger partial charge is 0.455 e. The molecule has 0 bridgehead atoms. The Morgan fingerprint density at radius 2 is 1.63 bits per heavy atom. The van der Waals surface area contributed by atoms with Crippen molar-refractivity contribution in [2.45, 2.75) is 51.5 Å². The summed E-state index contributed by atoms with van der Waals surface area (Å²) in [6, 6.07) is 4.15. The first-order valence-corrected chi connectivity index (χ1v) is 9.90. The van der Waals surface area contributed by atoms with Gasteiger partial charge in [0.15, 0.2) is 6.61 Å². The van der Waals surface area contributed by atoms with Crippen LogP contribution in [-0.2, 0) is 24.3 Å². The van der Waals surface area contributed by atoms with E-state index in [1.165, 1.54) is 0 Å². The molecule has 1 aromatic rings. The number of carbonyl (C=O) groups excluding carboxylic acids is 2. The van der Waals surface area contributed by atoms with Gasteiger partial charge in [0.1, 0.15) is 12.4 Å². The maximum absolute atomic E-state index is 12.8. The predicted molar refractivity (Wildman–Crippen MR) is 98.8 cm³/mol. The van der Waals surface area contributed by atoms with E-state index in [1.54, 1.807) is 0 Å². The molecule has 27 heavy (non-hydrogen) atoms. The van der Waals surface area contributed by atoms with Crippen molar-refractivity contribution in [1.29, 1.82) is 0 Å². The van der Waals surface area contributed by atoms with E-state index >= 15 is 0 Å². The molecule has 7 nitrogen and oxygen atoms in total. The van der Waals surface area contributed by atoms with Crippen LogP contribution >= 0.6 is 0 Å². The first-order valence-electron chi connectivity index (χ1n) is 8.42. The molecule has 0 aliphatic carbocycles. The third-order valence-corrected chi connectivity index (χ3v) is 4.76. The zero-order valence-corrected chi connectivity index (χ0v) is 17.1. The number of halogens is 1. The number of rotatable bonds is 8. The van der Waals surface area contributed by atoms with Crippen molar-refractivity contribution in [3.05, 3.63) is 30.1 Å². The normalized spacial score (nSPS) is 12.5. The Morgan fingerprint density at radius 1 is 1.07 bits per heavy atom. The lowest BCUT2D eigenvalue weighted by Gasteiger charge is -2.33. The van der Waals surface area contributed by atoms with Gasteiger partial charge in [0.2, 0.25) is 10.0 Å². The van der Waals surface area contributed by atoms with E-state index in [0.717, 1.165) is 30.7 Å². The third-order valence-electron chi connectivity index (χ3n) is 3.34. The Hall–Kier alpha value is -2.00. The average molecular weight is 402 g/mol. The number of esters is 1. The fourth-order valence-electron chi connectivity index (χ4n) is 2.83. The molecule has 0 aliphatic rings. The molecule has 0 unspecified atom stereocenters. The fraction of sp³-hybridized carbons (Fsp3) is 0.556. The van der Waals surface area contributed by atoms with Gasteiger partial charge in [-0.1, -0.05) is 20.8 Å². The van der Waals surface area contributed by atoms with E-state index in [0.29, 0.717) is 0 Å². The molecule has 0 spiro atoms. The number of hydrogen-bond acceptors (Lipinski definition) is 5. The van der Waals surface area contributed by atoms with Gasteiger partial charge in [0, 0.05) is 5.54 Å². The smallest absolute Gasteiger partial charge is 0.321 e. The molecule has 1 amide bonds. The predicted octanol–water partition coefficient (Wildman–Crippen LogP) is 1.98. The summed E-state index contributed by atoms with van der Waals surface area (Å²) in [6.45, 7) is 8.74. The van der Waals surface area contributed by atoms with Gasteiger partial charge in [-0.15, -0.1) is 0 Å². The van der Waals surface area contributed by atoms with Gasteiger partial charge in [-0.2, -0.15) is 4.72 Å². The van der Waals surface area contributed by atoms with Crippen LogP contribution in [0.1, 0.15) is 41.0 Å². The van der Waals surface area contributed by atoms with E-state index in [4.69, 9.17) is 4.74 Å². The minimum Gasteiger partial charge on any atom is -0.455 e. The second-order valence-electron chi connectivity index (χ2n) is 8.11. The zero-order chi connectivity index (χ0) is 20.9. The summed E-state index contributed by atoms with van der Waals surface area (Å²) in [4.78, 5) is 23.4. The van der Waals surface area contributed by atoms with Crippen LogP contribution in [0.2, 0.25) is 0 Å². The van der Waals surface area contributed by atoms with Gasteiger partial charge < -0.3 is 10.1 Å². The van der Waals surface area contributed by atoms with Crippen LogP contribution in [0, 0.1) is 11.2 Å². The number of benzene rings is 1. The molecule has 0 aromatic heterocycles. The summed E-state index contributed by atoms with van der Waals surface area (Å²) in [6.07, 6.45) is 0.719. The first-order chi connectivity index (χ1) is 12.2. The number of ether oxygens (including phenoxy) is 1. The van der Waals surface area contributed by atoms with Gasteiger partial charge in [-0.25, -0.2) is 12.8 Å². The Morgan fingerprint density at radius 3 is 2.15 bits per heavy atom. The van der Waals surface area contributed by atoms with E-state index < -0.39 is 46.4 Å². The summed E-state index contributed by atoms with van der Waals surface area (Å²) in [5, 5.41) is 2.78. The van der Waals surface area contributed by atoms with E-state index in [9.17, 15) is 22.4 Å². The Bertz CT molecular complexity index is 768. The highest BCUT2D eigenvalue weighted by Crippen LogP contribution is 2.26. The fourth-order valence-corrected chi connectivity index (χ4v) is 3.80. The topological polar surface area (TPSA) is 102 Å². The van der Waals surface area contributed by atoms with Gasteiger partial charge in [-0.05, 0) is 49.9 Å². The van der Waals surface area contributed by atoms with Crippen molar-refractivity contribution >= 4 is 21.9 Å². The van der Waals surface area contributed by atoms with E-state index in [2.05, 4.69) is 5.32 Å². The maximum Gasteiger partial charge on any atom is 0.321 e. The number of amides is 1. The minimum atomic E-state index is -3.98. The molecule has 0 saturated heterocycles. The highest BCUT2D eigenvalue weighted by molar-refractivity contribution is 7.89. The molecule has 9 heteroatoms. The summed E-state index contributed by atoms with van der Waals surface area (Å²) < 4.78 is 43.7. The molecule has 152 valence electrons. The number of hydrogen-bond donors (Lipinski definition) is 2. The van der Waals surface area contributed by atoms with Crippen LogP contribution < -0.4 is 10.0 Å². The van der Waals surface area contributed by atoms with Crippen LogP contribution in [0.3, 0.4) is 0 Å². The highest BCUT2D eigenvalue weighted by atomic mass is 32.2. The van der Waals surface area contributed by atoms with E-state index in [-0.39, 0.29) is 10.3 Å². The third kappa shape index (κ3) is 8.96. The molecule has 2 N–H and O–H groups in total. The Kier molecular flexibility index (Phi) is 7.50. The summed E-state index contributed by atoms with van der Waals surface area (Å²) >= 11 is 0. The van der Waals surface area contributed by atoms with Gasteiger partial charge in [-0.3, -0.25) is 9.59 Å². The molecule has 0 atom stereocenters. The quantitative estimate of drug-likeness (QED) is 0.648. The standard InChI is InChI=1S/C18H27FN2O5S/c1-17(2,3)12-18(4,5)21-15(22)11-26-16(23)10-20-27(24,25)14-8-6-13(19)7-9-14/h6-9,20H,10-12H2,1-5H3,(H,21,22). The monoisotopic (exact) mass is 402 g/mol. The lowest BCUT2D eigenvalue weighted by atomic mass is 9.82. The van der Waals surface area contributed by atoms with Crippen molar-refractivity contribution in [1.82, 2.24) is 10.0 Å². The minimum absolute atomic E-state index is 0.00604. The molecule has 0 saturated carbocycles. The lowest BCUT2D eigenvalue weighted by molar-refractivity contribution is -0.147. The first kappa shape index (κ1) is 23.0. The summed E-state index contributed by atoms with van der Waals surface area (Å²) in [5.41, 5.74) is -0.474. The van der Waals surface area contributed by atoms with Crippen molar-refractivity contribution in [2.24, 2.45) is 5.41 Å². The molecule has 0 radical (unpaired) electrons. The highest BCUT2D eigenvalue weighted by Gasteiger charge is 2.27.